The molecule has 0 unspecified atom stereocenters. The number of fused-ring (bicyclic) bond motifs is 1. The molecule has 1 heterocycles. The van der Waals surface area contributed by atoms with Crippen LogP contribution in [0.2, 0.25) is 0 Å². The lowest BCUT2D eigenvalue weighted by atomic mass is 9.97. The predicted molar refractivity (Wildman–Crippen MR) is 139 cm³/mol. The summed E-state index contributed by atoms with van der Waals surface area (Å²) < 4.78 is 83.6. The Morgan fingerprint density at radius 1 is 0.769 bits per heavy atom. The zero-order chi connectivity index (χ0) is 28.0. The molecule has 0 atom stereocenters. The normalized spacial score (nSPS) is 12.0. The molecule has 0 saturated heterocycles. The molecule has 0 aliphatic heterocycles. The maximum absolute atomic E-state index is 15.2. The second kappa shape index (κ2) is 12.4. The summed E-state index contributed by atoms with van der Waals surface area (Å²) in [6, 6.07) is 14.6. The van der Waals surface area contributed by atoms with Crippen molar-refractivity contribution in [2.75, 3.05) is 0 Å². The maximum Gasteiger partial charge on any atom is 0.573 e. The molecule has 0 spiro atoms. The van der Waals surface area contributed by atoms with Crippen LogP contribution in [-0.2, 0) is 32.1 Å². The van der Waals surface area contributed by atoms with Crippen molar-refractivity contribution >= 4 is 10.8 Å². The Kier molecular flexibility index (Phi) is 8.94. The first-order valence-corrected chi connectivity index (χ1v) is 12.6. The fraction of sp³-hybridized carbons (Fsp3) is 0.258. The van der Waals surface area contributed by atoms with E-state index in [1.54, 1.807) is 18.2 Å². The third-order valence-corrected chi connectivity index (χ3v) is 6.45. The first-order valence-electron chi connectivity index (χ1n) is 12.6. The summed E-state index contributed by atoms with van der Waals surface area (Å²) in [6.07, 6.45) is 4.42. The molecular formula is C31H27F6NO. The molecular weight excluding hydrogens is 516 g/mol. The smallest absolute Gasteiger partial charge is 0.399 e. The van der Waals surface area contributed by atoms with Gasteiger partial charge in [0.1, 0.15) is 5.82 Å². The Hall–Kier alpha value is -3.81. The van der Waals surface area contributed by atoms with Gasteiger partial charge in [0.05, 0.1) is 0 Å². The number of aryl methyl sites for hydroxylation is 5. The average Bonchev–Trinajstić information content (AvgIpc) is 2.89. The average molecular weight is 544 g/mol. The molecule has 2 nitrogen and oxygen atoms in total. The van der Waals surface area contributed by atoms with Gasteiger partial charge in [-0.3, -0.25) is 4.98 Å². The Bertz CT molecular complexity index is 1440. The molecule has 0 amide bonds. The molecule has 0 fully saturated rings. The minimum Gasteiger partial charge on any atom is -0.399 e. The van der Waals surface area contributed by atoms with Crippen molar-refractivity contribution in [1.29, 1.82) is 0 Å². The standard InChI is InChI=1S/C31H27F6NO/c1-2-3-4-5-21-8-14-25(38-19-21)13-7-20-9-15-26-24(16-20)12-11-23(29(26)34)10-6-22-17-27(32)30(28(33)18-22)39-31(35,36)37/h2-3,8-9,11-12,14-19H,4-7,10,13H2,1H3/b3-2+. The number of ether oxygens (including phenoxy) is 1. The topological polar surface area (TPSA) is 22.1 Å². The lowest BCUT2D eigenvalue weighted by Gasteiger charge is -2.12. The minimum atomic E-state index is -5.22. The largest absolute Gasteiger partial charge is 0.573 e. The Labute approximate surface area is 223 Å². The van der Waals surface area contributed by atoms with Crippen LogP contribution >= 0.6 is 0 Å². The molecule has 4 aromatic rings. The van der Waals surface area contributed by atoms with E-state index in [0.717, 1.165) is 54.5 Å². The highest BCUT2D eigenvalue weighted by Crippen LogP contribution is 2.30. The summed E-state index contributed by atoms with van der Waals surface area (Å²) in [5.41, 5.74) is 3.65. The van der Waals surface area contributed by atoms with Crippen LogP contribution in [0.3, 0.4) is 0 Å². The van der Waals surface area contributed by atoms with Crippen molar-refractivity contribution in [3.05, 3.63) is 118 Å². The fourth-order valence-electron chi connectivity index (χ4n) is 4.42. The number of rotatable bonds is 10. The van der Waals surface area contributed by atoms with Crippen LogP contribution in [0.25, 0.3) is 10.8 Å². The van der Waals surface area contributed by atoms with Gasteiger partial charge in [-0.2, -0.15) is 0 Å². The highest BCUT2D eigenvalue weighted by atomic mass is 19.4. The summed E-state index contributed by atoms with van der Waals surface area (Å²) >= 11 is 0. The van der Waals surface area contributed by atoms with Crippen LogP contribution in [0, 0.1) is 17.5 Å². The summed E-state index contributed by atoms with van der Waals surface area (Å²) in [5.74, 6) is -4.88. The first-order chi connectivity index (χ1) is 18.6. The molecule has 39 heavy (non-hydrogen) atoms. The fourth-order valence-corrected chi connectivity index (χ4v) is 4.42. The molecule has 0 N–H and O–H groups in total. The van der Waals surface area contributed by atoms with E-state index < -0.39 is 29.6 Å². The molecule has 4 rings (SSSR count). The highest BCUT2D eigenvalue weighted by Gasteiger charge is 2.34. The zero-order valence-electron chi connectivity index (χ0n) is 21.3. The summed E-state index contributed by atoms with van der Waals surface area (Å²) in [4.78, 5) is 4.55. The summed E-state index contributed by atoms with van der Waals surface area (Å²) in [6.45, 7) is 2.00. The van der Waals surface area contributed by atoms with Gasteiger partial charge in [0.2, 0.25) is 5.75 Å². The molecule has 3 aromatic carbocycles. The van der Waals surface area contributed by atoms with Gasteiger partial charge in [0.15, 0.2) is 11.6 Å². The predicted octanol–water partition coefficient (Wildman–Crippen LogP) is 8.63. The third-order valence-electron chi connectivity index (χ3n) is 6.45. The summed E-state index contributed by atoms with van der Waals surface area (Å²) in [5, 5.41) is 1.15. The summed E-state index contributed by atoms with van der Waals surface area (Å²) in [7, 11) is 0. The molecule has 0 saturated carbocycles. The second-order valence-corrected chi connectivity index (χ2v) is 9.30. The van der Waals surface area contributed by atoms with Gasteiger partial charge < -0.3 is 4.74 Å². The highest BCUT2D eigenvalue weighted by molar-refractivity contribution is 5.84. The van der Waals surface area contributed by atoms with Gasteiger partial charge in [-0.25, -0.2) is 13.2 Å². The van der Waals surface area contributed by atoms with Gasteiger partial charge in [-0.15, -0.1) is 13.2 Å². The van der Waals surface area contributed by atoms with Crippen molar-refractivity contribution in [1.82, 2.24) is 4.98 Å². The molecule has 0 radical (unpaired) electrons. The van der Waals surface area contributed by atoms with Gasteiger partial charge in [-0.05, 0) is 91.3 Å². The number of hydrogen-bond donors (Lipinski definition) is 0. The van der Waals surface area contributed by atoms with Gasteiger partial charge in [-0.1, -0.05) is 48.6 Å². The number of alkyl halides is 3. The zero-order valence-corrected chi connectivity index (χ0v) is 21.3. The van der Waals surface area contributed by atoms with Crippen molar-refractivity contribution in [3.8, 4) is 5.75 Å². The van der Waals surface area contributed by atoms with Gasteiger partial charge in [0, 0.05) is 17.3 Å². The lowest BCUT2D eigenvalue weighted by Crippen LogP contribution is -2.19. The van der Waals surface area contributed by atoms with E-state index in [2.05, 4.69) is 21.9 Å². The number of hydrogen-bond acceptors (Lipinski definition) is 2. The van der Waals surface area contributed by atoms with Crippen LogP contribution in [0.15, 0.2) is 72.9 Å². The first kappa shape index (κ1) is 28.2. The maximum atomic E-state index is 15.2. The second-order valence-electron chi connectivity index (χ2n) is 9.30. The van der Waals surface area contributed by atoms with E-state index in [1.165, 1.54) is 5.56 Å². The molecule has 8 heteroatoms. The molecule has 0 bridgehead atoms. The number of halogens is 6. The minimum absolute atomic E-state index is 0.0295. The van der Waals surface area contributed by atoms with E-state index in [4.69, 9.17) is 0 Å². The Balaban J connectivity index is 1.40. The van der Waals surface area contributed by atoms with Crippen molar-refractivity contribution in [2.24, 2.45) is 0 Å². The number of nitrogens with zero attached hydrogens (tertiary/aromatic N) is 1. The van der Waals surface area contributed by atoms with E-state index in [1.807, 2.05) is 37.4 Å². The Morgan fingerprint density at radius 2 is 1.49 bits per heavy atom. The van der Waals surface area contributed by atoms with Crippen molar-refractivity contribution in [3.63, 3.8) is 0 Å². The Morgan fingerprint density at radius 3 is 2.15 bits per heavy atom. The van der Waals surface area contributed by atoms with E-state index in [-0.39, 0.29) is 18.4 Å². The number of allylic oxidation sites excluding steroid dienone is 2. The van der Waals surface area contributed by atoms with Crippen LogP contribution in [0.5, 0.6) is 5.75 Å². The quantitative estimate of drug-likeness (QED) is 0.148. The van der Waals surface area contributed by atoms with Crippen molar-refractivity contribution < 1.29 is 31.1 Å². The van der Waals surface area contributed by atoms with Crippen LogP contribution in [0.4, 0.5) is 26.3 Å². The van der Waals surface area contributed by atoms with Gasteiger partial charge >= 0.3 is 6.36 Å². The van der Waals surface area contributed by atoms with Crippen LogP contribution in [-0.4, -0.2) is 11.3 Å². The van der Waals surface area contributed by atoms with E-state index in [9.17, 15) is 22.0 Å². The monoisotopic (exact) mass is 543 g/mol. The number of pyridine rings is 1. The van der Waals surface area contributed by atoms with E-state index >= 15 is 4.39 Å². The SMILES string of the molecule is C/C=C/CCc1ccc(CCc2ccc3c(F)c(CCc4cc(F)c(OC(F)(F)F)c(F)c4)ccc3c2)nc1. The van der Waals surface area contributed by atoms with Crippen molar-refractivity contribution in [2.45, 2.75) is 51.8 Å². The van der Waals surface area contributed by atoms with Crippen LogP contribution in [0.1, 0.15) is 41.3 Å². The lowest BCUT2D eigenvalue weighted by molar-refractivity contribution is -0.276. The van der Waals surface area contributed by atoms with E-state index in [0.29, 0.717) is 10.9 Å². The molecule has 0 aliphatic rings. The van der Waals surface area contributed by atoms with Crippen LogP contribution < -0.4 is 4.74 Å². The molecule has 0 aliphatic carbocycles. The number of aromatic nitrogens is 1. The molecule has 1 aromatic heterocycles. The molecule has 204 valence electrons. The van der Waals surface area contributed by atoms with Gasteiger partial charge in [0.25, 0.3) is 0 Å². The third kappa shape index (κ3) is 7.62. The number of benzene rings is 3.